The van der Waals surface area contributed by atoms with Crippen molar-refractivity contribution in [3.05, 3.63) is 63.9 Å². The Morgan fingerprint density at radius 3 is 2.47 bits per heavy atom. The maximum atomic E-state index is 14.2. The number of anilines is 1. The molecule has 32 heavy (non-hydrogen) atoms. The van der Waals surface area contributed by atoms with Gasteiger partial charge in [0.05, 0.1) is 28.3 Å². The smallest absolute Gasteiger partial charge is 0.253 e. The Labute approximate surface area is 192 Å². The van der Waals surface area contributed by atoms with Crippen LogP contribution >= 0.6 is 11.6 Å². The number of carbonyl (C=O) groups excluding carboxylic acids is 2. The largest absolute Gasteiger partial charge is 0.395 e. The number of halogens is 2. The Bertz CT molecular complexity index is 1020. The summed E-state index contributed by atoms with van der Waals surface area (Å²) in [4.78, 5) is 28.1. The van der Waals surface area contributed by atoms with Crippen LogP contribution in [0.4, 0.5) is 10.1 Å². The van der Waals surface area contributed by atoms with Crippen LogP contribution in [-0.4, -0.2) is 54.6 Å². The summed E-state index contributed by atoms with van der Waals surface area (Å²) in [7, 11) is 1.45. The molecule has 8 heteroatoms. The van der Waals surface area contributed by atoms with Gasteiger partial charge in [0.1, 0.15) is 5.82 Å². The number of carbonyl (C=O) groups is 2. The topological polar surface area (TPSA) is 81.7 Å². The average molecular weight is 462 g/mol. The van der Waals surface area contributed by atoms with E-state index in [-0.39, 0.29) is 40.7 Å². The molecule has 172 valence electrons. The molecule has 2 amide bonds. The molecule has 1 heterocycles. The van der Waals surface area contributed by atoms with Gasteiger partial charge in [-0.3, -0.25) is 14.5 Å². The van der Waals surface area contributed by atoms with Gasteiger partial charge in [0.15, 0.2) is 0 Å². The Kier molecular flexibility index (Phi) is 7.22. The van der Waals surface area contributed by atoms with Gasteiger partial charge in [-0.05, 0) is 36.1 Å². The lowest BCUT2D eigenvalue weighted by atomic mass is 9.69. The van der Waals surface area contributed by atoms with Gasteiger partial charge in [0, 0.05) is 26.2 Å². The molecule has 3 rings (SSSR count). The van der Waals surface area contributed by atoms with E-state index in [9.17, 15) is 19.1 Å². The van der Waals surface area contributed by atoms with Crippen LogP contribution in [0, 0.1) is 5.82 Å². The zero-order valence-electron chi connectivity index (χ0n) is 18.7. The SMILES string of the molecule is CNC(=O)c1cc(Cl)c(F)cc1NC(=O)C1(c2ccccc2C(C)C)CN(C(C)CO)C1. The van der Waals surface area contributed by atoms with Crippen LogP contribution in [0.25, 0.3) is 0 Å². The van der Waals surface area contributed by atoms with Gasteiger partial charge in [-0.1, -0.05) is 49.7 Å². The summed E-state index contributed by atoms with van der Waals surface area (Å²) in [6.07, 6.45) is 0. The standard InChI is InChI=1S/C24H29ClFN3O3/c1-14(2)16-7-5-6-8-18(16)24(12-29(13-24)15(3)11-30)23(32)28-21-10-20(26)19(25)9-17(21)22(31)27-4/h5-10,14-15,30H,11-13H2,1-4H3,(H,27,31)(H,28,32). The number of aliphatic hydroxyl groups excluding tert-OH is 1. The molecule has 0 radical (unpaired) electrons. The van der Waals surface area contributed by atoms with Crippen molar-refractivity contribution in [1.82, 2.24) is 10.2 Å². The molecule has 1 atom stereocenters. The fourth-order valence-corrected chi connectivity index (χ4v) is 4.33. The molecule has 1 aliphatic heterocycles. The molecule has 1 saturated heterocycles. The molecule has 1 aliphatic rings. The van der Waals surface area contributed by atoms with E-state index in [4.69, 9.17) is 11.6 Å². The summed E-state index contributed by atoms with van der Waals surface area (Å²) in [5, 5.41) is 14.6. The summed E-state index contributed by atoms with van der Waals surface area (Å²) >= 11 is 5.88. The number of aliphatic hydroxyl groups is 1. The van der Waals surface area contributed by atoms with E-state index in [1.165, 1.54) is 13.1 Å². The second-order valence-electron chi connectivity index (χ2n) is 8.61. The normalized spacial score (nSPS) is 16.4. The van der Waals surface area contributed by atoms with Gasteiger partial charge in [-0.2, -0.15) is 0 Å². The van der Waals surface area contributed by atoms with Gasteiger partial charge in [0.2, 0.25) is 5.91 Å². The van der Waals surface area contributed by atoms with Crippen molar-refractivity contribution in [2.24, 2.45) is 0 Å². The van der Waals surface area contributed by atoms with E-state index in [1.54, 1.807) is 0 Å². The first-order valence-corrected chi connectivity index (χ1v) is 11.0. The average Bonchev–Trinajstić information content (AvgIpc) is 2.74. The second-order valence-corrected chi connectivity index (χ2v) is 9.01. The van der Waals surface area contributed by atoms with Gasteiger partial charge in [-0.15, -0.1) is 0 Å². The van der Waals surface area contributed by atoms with Crippen molar-refractivity contribution in [2.45, 2.75) is 38.1 Å². The third kappa shape index (κ3) is 4.37. The van der Waals surface area contributed by atoms with E-state index in [0.29, 0.717) is 13.1 Å². The lowest BCUT2D eigenvalue weighted by Crippen LogP contribution is -2.67. The summed E-state index contributed by atoms with van der Waals surface area (Å²) in [5.74, 6) is -1.35. The maximum Gasteiger partial charge on any atom is 0.253 e. The van der Waals surface area contributed by atoms with E-state index < -0.39 is 17.1 Å². The number of likely N-dealkylation sites (tertiary alicyclic amines) is 1. The lowest BCUT2D eigenvalue weighted by Gasteiger charge is -2.52. The molecule has 1 fully saturated rings. The molecule has 2 aromatic rings. The predicted molar refractivity (Wildman–Crippen MR) is 124 cm³/mol. The maximum absolute atomic E-state index is 14.2. The van der Waals surface area contributed by atoms with Crippen molar-refractivity contribution < 1.29 is 19.1 Å². The highest BCUT2D eigenvalue weighted by molar-refractivity contribution is 6.31. The molecule has 0 spiro atoms. The van der Waals surface area contributed by atoms with Crippen molar-refractivity contribution in [3.63, 3.8) is 0 Å². The number of hydrogen-bond donors (Lipinski definition) is 3. The molecule has 0 aromatic heterocycles. The van der Waals surface area contributed by atoms with Crippen molar-refractivity contribution in [2.75, 3.05) is 32.1 Å². The minimum Gasteiger partial charge on any atom is -0.395 e. The van der Waals surface area contributed by atoms with Crippen LogP contribution in [0.1, 0.15) is 48.2 Å². The molecular formula is C24H29ClFN3O3. The molecule has 2 aromatic carbocycles. The zero-order chi connectivity index (χ0) is 23.6. The second kappa shape index (κ2) is 9.57. The summed E-state index contributed by atoms with van der Waals surface area (Å²) in [5.41, 5.74) is 1.18. The molecule has 0 bridgehead atoms. The monoisotopic (exact) mass is 461 g/mol. The minimum absolute atomic E-state index is 0.0211. The molecule has 0 saturated carbocycles. The van der Waals surface area contributed by atoms with Crippen LogP contribution in [0.3, 0.4) is 0 Å². The molecule has 0 aliphatic carbocycles. The highest BCUT2D eigenvalue weighted by Gasteiger charge is 2.52. The van der Waals surface area contributed by atoms with Gasteiger partial charge in [0.25, 0.3) is 5.91 Å². The Hall–Kier alpha value is -2.48. The molecule has 3 N–H and O–H groups in total. The first-order valence-electron chi connectivity index (χ1n) is 10.6. The highest BCUT2D eigenvalue weighted by Crippen LogP contribution is 2.41. The van der Waals surface area contributed by atoms with E-state index in [2.05, 4.69) is 24.5 Å². The fourth-order valence-electron chi connectivity index (χ4n) is 4.16. The van der Waals surface area contributed by atoms with Gasteiger partial charge < -0.3 is 15.7 Å². The summed E-state index contributed by atoms with van der Waals surface area (Å²) in [6.45, 7) is 6.80. The van der Waals surface area contributed by atoms with Crippen molar-refractivity contribution in [3.8, 4) is 0 Å². The zero-order valence-corrected chi connectivity index (χ0v) is 19.5. The Morgan fingerprint density at radius 2 is 1.88 bits per heavy atom. The molecular weight excluding hydrogens is 433 g/mol. The number of benzene rings is 2. The van der Waals surface area contributed by atoms with E-state index in [1.807, 2.05) is 36.1 Å². The number of nitrogens with zero attached hydrogens (tertiary/aromatic N) is 1. The first kappa shape index (κ1) is 24.2. The van der Waals surface area contributed by atoms with Crippen molar-refractivity contribution in [1.29, 1.82) is 0 Å². The Balaban J connectivity index is 2.04. The first-order chi connectivity index (χ1) is 15.1. The van der Waals surface area contributed by atoms with E-state index in [0.717, 1.165) is 17.2 Å². The summed E-state index contributed by atoms with van der Waals surface area (Å²) in [6, 6.07) is 9.96. The third-order valence-electron chi connectivity index (χ3n) is 6.15. The van der Waals surface area contributed by atoms with Crippen LogP contribution < -0.4 is 10.6 Å². The fraction of sp³-hybridized carbons (Fsp3) is 0.417. The van der Waals surface area contributed by atoms with Crippen LogP contribution in [-0.2, 0) is 10.2 Å². The number of nitrogens with one attached hydrogen (secondary N) is 2. The number of amides is 2. The van der Waals surface area contributed by atoms with Gasteiger partial charge >= 0.3 is 0 Å². The Morgan fingerprint density at radius 1 is 1.22 bits per heavy atom. The van der Waals surface area contributed by atoms with E-state index >= 15 is 0 Å². The molecule has 6 nitrogen and oxygen atoms in total. The predicted octanol–water partition coefficient (Wildman–Crippen LogP) is 3.54. The third-order valence-corrected chi connectivity index (χ3v) is 6.44. The van der Waals surface area contributed by atoms with Crippen LogP contribution in [0.15, 0.2) is 36.4 Å². The van der Waals surface area contributed by atoms with Crippen molar-refractivity contribution >= 4 is 29.1 Å². The molecule has 1 unspecified atom stereocenters. The lowest BCUT2D eigenvalue weighted by molar-refractivity contribution is -0.130. The number of rotatable bonds is 7. The number of hydrogen-bond acceptors (Lipinski definition) is 4. The highest BCUT2D eigenvalue weighted by atomic mass is 35.5. The van der Waals surface area contributed by atoms with Crippen LogP contribution in [0.2, 0.25) is 5.02 Å². The minimum atomic E-state index is -0.902. The van der Waals surface area contributed by atoms with Crippen LogP contribution in [0.5, 0.6) is 0 Å². The van der Waals surface area contributed by atoms with Gasteiger partial charge in [-0.25, -0.2) is 4.39 Å². The quantitative estimate of drug-likeness (QED) is 0.589. The summed E-state index contributed by atoms with van der Waals surface area (Å²) < 4.78 is 14.2.